The molecule has 0 amide bonds. The van der Waals surface area contributed by atoms with Gasteiger partial charge in [0.15, 0.2) is 11.9 Å². The van der Waals surface area contributed by atoms with E-state index in [1.54, 1.807) is 6.92 Å². The molecular weight excluding hydrogens is 216 g/mol. The van der Waals surface area contributed by atoms with Gasteiger partial charge in [-0.25, -0.2) is 4.79 Å². The predicted molar refractivity (Wildman–Crippen MR) is 53.6 cm³/mol. The van der Waals surface area contributed by atoms with Gasteiger partial charge >= 0.3 is 5.97 Å². The van der Waals surface area contributed by atoms with E-state index in [1.165, 1.54) is 14.2 Å². The molecule has 16 heavy (non-hydrogen) atoms. The second kappa shape index (κ2) is 5.09. The fraction of sp³-hybridized carbons (Fsp3) is 0.900. The third kappa shape index (κ3) is 2.20. The number of ether oxygens (including phenoxy) is 3. The number of aliphatic hydroxyl groups is 2. The molecule has 1 saturated heterocycles. The van der Waals surface area contributed by atoms with Crippen LogP contribution in [0.3, 0.4) is 0 Å². The molecular formula is C10H18O6. The lowest BCUT2D eigenvalue weighted by Gasteiger charge is -2.42. The zero-order valence-electron chi connectivity index (χ0n) is 9.67. The van der Waals surface area contributed by atoms with Gasteiger partial charge in [0.25, 0.3) is 0 Å². The quantitative estimate of drug-likeness (QED) is 0.636. The van der Waals surface area contributed by atoms with Crippen LogP contribution in [-0.2, 0) is 19.0 Å². The number of aliphatic hydroxyl groups excluding tert-OH is 2. The Bertz CT molecular complexity index is 256. The lowest BCUT2D eigenvalue weighted by Crippen LogP contribution is -2.58. The monoisotopic (exact) mass is 234 g/mol. The molecule has 0 spiro atoms. The van der Waals surface area contributed by atoms with Crippen LogP contribution in [0.25, 0.3) is 0 Å². The van der Waals surface area contributed by atoms with Crippen molar-refractivity contribution >= 4 is 5.97 Å². The lowest BCUT2D eigenvalue weighted by atomic mass is 9.88. The molecule has 1 aliphatic heterocycles. The van der Waals surface area contributed by atoms with Gasteiger partial charge in [0, 0.05) is 13.5 Å². The minimum atomic E-state index is -1.24. The number of hydrogen-bond donors (Lipinski definition) is 2. The Morgan fingerprint density at radius 3 is 2.56 bits per heavy atom. The Labute approximate surface area is 94.1 Å². The zero-order valence-corrected chi connectivity index (χ0v) is 9.67. The molecule has 0 aromatic heterocycles. The van der Waals surface area contributed by atoms with E-state index in [0.29, 0.717) is 6.42 Å². The van der Waals surface area contributed by atoms with Crippen molar-refractivity contribution in [1.29, 1.82) is 0 Å². The van der Waals surface area contributed by atoms with Crippen LogP contribution in [0.15, 0.2) is 0 Å². The van der Waals surface area contributed by atoms with Gasteiger partial charge < -0.3 is 24.4 Å². The molecule has 1 aliphatic rings. The number of carbonyl (C=O) groups excluding carboxylic acids is 1. The molecule has 4 atom stereocenters. The Balaban J connectivity index is 2.91. The van der Waals surface area contributed by atoms with Gasteiger partial charge in [-0.3, -0.25) is 0 Å². The molecule has 6 heteroatoms. The van der Waals surface area contributed by atoms with E-state index in [-0.39, 0.29) is 6.42 Å². The molecule has 1 heterocycles. The van der Waals surface area contributed by atoms with Crippen LogP contribution < -0.4 is 0 Å². The Hall–Kier alpha value is -0.690. The fourth-order valence-corrected chi connectivity index (χ4v) is 1.86. The molecule has 1 fully saturated rings. The maximum Gasteiger partial charge on any atom is 0.338 e. The average Bonchev–Trinajstić information content (AvgIpc) is 2.31. The highest BCUT2D eigenvalue weighted by atomic mass is 16.7. The first-order valence-electron chi connectivity index (χ1n) is 5.16. The highest BCUT2D eigenvalue weighted by Gasteiger charge is 2.51. The standard InChI is InChI=1S/C10H18O6/c1-4-10(9(13)15-3)5-6(11)7(12)8(14-2)16-10/h6-8,11-12H,4-5H2,1-3H3/t6-,7+,8?,10?/m1/s1. The van der Waals surface area contributed by atoms with Crippen LogP contribution in [0.4, 0.5) is 0 Å². The SMILES string of the molecule is CCC1(C(=O)OC)C[C@@H](O)[C@H](O)C(OC)O1. The van der Waals surface area contributed by atoms with Gasteiger partial charge in [-0.15, -0.1) is 0 Å². The molecule has 1 rings (SSSR count). The van der Waals surface area contributed by atoms with E-state index < -0.39 is 30.1 Å². The largest absolute Gasteiger partial charge is 0.467 e. The summed E-state index contributed by atoms with van der Waals surface area (Å²) in [5.74, 6) is -0.567. The van der Waals surface area contributed by atoms with Gasteiger partial charge in [-0.2, -0.15) is 0 Å². The summed E-state index contributed by atoms with van der Waals surface area (Å²) in [6.07, 6.45) is -2.92. The predicted octanol–water partition coefficient (Wildman–Crippen LogP) is -0.577. The van der Waals surface area contributed by atoms with E-state index >= 15 is 0 Å². The van der Waals surface area contributed by atoms with Crippen molar-refractivity contribution in [3.8, 4) is 0 Å². The molecule has 94 valence electrons. The van der Waals surface area contributed by atoms with Gasteiger partial charge in [-0.05, 0) is 6.42 Å². The summed E-state index contributed by atoms with van der Waals surface area (Å²) in [7, 11) is 2.59. The van der Waals surface area contributed by atoms with Crippen molar-refractivity contribution < 1.29 is 29.2 Å². The topological polar surface area (TPSA) is 85.2 Å². The lowest BCUT2D eigenvalue weighted by molar-refractivity contribution is -0.290. The van der Waals surface area contributed by atoms with Gasteiger partial charge in [0.2, 0.25) is 0 Å². The van der Waals surface area contributed by atoms with E-state index in [1.807, 2.05) is 0 Å². The van der Waals surface area contributed by atoms with E-state index in [2.05, 4.69) is 4.74 Å². The fourth-order valence-electron chi connectivity index (χ4n) is 1.86. The highest BCUT2D eigenvalue weighted by molar-refractivity contribution is 5.79. The summed E-state index contributed by atoms with van der Waals surface area (Å²) in [5.41, 5.74) is -1.24. The number of carbonyl (C=O) groups is 1. The third-order valence-electron chi connectivity index (χ3n) is 2.91. The molecule has 0 saturated carbocycles. The first-order chi connectivity index (χ1) is 7.50. The van der Waals surface area contributed by atoms with Crippen LogP contribution in [-0.4, -0.2) is 54.5 Å². The van der Waals surface area contributed by atoms with Gasteiger partial charge in [0.05, 0.1) is 13.2 Å². The van der Waals surface area contributed by atoms with Crippen LogP contribution >= 0.6 is 0 Å². The van der Waals surface area contributed by atoms with Crippen LogP contribution in [0, 0.1) is 0 Å². The van der Waals surface area contributed by atoms with Crippen molar-refractivity contribution in [3.05, 3.63) is 0 Å². The molecule has 2 N–H and O–H groups in total. The molecule has 0 aromatic carbocycles. The zero-order chi connectivity index (χ0) is 12.3. The molecule has 2 unspecified atom stereocenters. The Morgan fingerprint density at radius 1 is 1.50 bits per heavy atom. The minimum Gasteiger partial charge on any atom is -0.467 e. The van der Waals surface area contributed by atoms with Gasteiger partial charge in [-0.1, -0.05) is 6.92 Å². The van der Waals surface area contributed by atoms with E-state index in [9.17, 15) is 15.0 Å². The summed E-state index contributed by atoms with van der Waals surface area (Å²) in [6, 6.07) is 0. The molecule has 6 nitrogen and oxygen atoms in total. The minimum absolute atomic E-state index is 0.00278. The number of rotatable bonds is 3. The van der Waals surface area contributed by atoms with Crippen molar-refractivity contribution in [3.63, 3.8) is 0 Å². The van der Waals surface area contributed by atoms with Crippen LogP contribution in [0.2, 0.25) is 0 Å². The van der Waals surface area contributed by atoms with Crippen molar-refractivity contribution in [2.24, 2.45) is 0 Å². The smallest absolute Gasteiger partial charge is 0.338 e. The summed E-state index contributed by atoms with van der Waals surface area (Å²) < 4.78 is 14.9. The normalized spacial score (nSPS) is 39.4. The number of hydrogen-bond acceptors (Lipinski definition) is 6. The van der Waals surface area contributed by atoms with Gasteiger partial charge in [0.1, 0.15) is 6.10 Å². The van der Waals surface area contributed by atoms with Crippen molar-refractivity contribution in [2.75, 3.05) is 14.2 Å². The third-order valence-corrected chi connectivity index (χ3v) is 2.91. The van der Waals surface area contributed by atoms with E-state index in [4.69, 9.17) is 9.47 Å². The highest BCUT2D eigenvalue weighted by Crippen LogP contribution is 2.33. The van der Waals surface area contributed by atoms with Crippen molar-refractivity contribution in [2.45, 2.75) is 43.9 Å². The molecule has 0 aromatic rings. The molecule has 0 radical (unpaired) electrons. The second-order valence-corrected chi connectivity index (χ2v) is 3.82. The first kappa shape index (κ1) is 13.4. The summed E-state index contributed by atoms with van der Waals surface area (Å²) >= 11 is 0. The number of esters is 1. The molecule has 0 aliphatic carbocycles. The summed E-state index contributed by atoms with van der Waals surface area (Å²) in [4.78, 5) is 11.6. The van der Waals surface area contributed by atoms with E-state index in [0.717, 1.165) is 0 Å². The maximum absolute atomic E-state index is 11.6. The summed E-state index contributed by atoms with van der Waals surface area (Å²) in [6.45, 7) is 1.74. The van der Waals surface area contributed by atoms with Crippen molar-refractivity contribution in [1.82, 2.24) is 0 Å². The second-order valence-electron chi connectivity index (χ2n) is 3.82. The van der Waals surface area contributed by atoms with Crippen LogP contribution in [0.5, 0.6) is 0 Å². The Kier molecular flexibility index (Phi) is 4.26. The number of methoxy groups -OCH3 is 2. The van der Waals surface area contributed by atoms with Crippen LogP contribution in [0.1, 0.15) is 19.8 Å². The Morgan fingerprint density at radius 2 is 2.12 bits per heavy atom. The summed E-state index contributed by atoms with van der Waals surface area (Å²) in [5, 5.41) is 19.2. The first-order valence-corrected chi connectivity index (χ1v) is 5.16. The average molecular weight is 234 g/mol. The molecule has 0 bridgehead atoms. The maximum atomic E-state index is 11.6.